The molecule has 1 heterocycles. The van der Waals surface area contributed by atoms with Gasteiger partial charge < -0.3 is 10.1 Å². The third-order valence-electron chi connectivity index (χ3n) is 2.27. The number of methoxy groups -OCH3 is 1. The number of aryl methyl sites for hydroxylation is 1. The largest absolute Gasteiger partial charge is 0.385 e. The van der Waals surface area contributed by atoms with Crippen LogP contribution in [-0.2, 0) is 11.2 Å². The zero-order valence-corrected chi connectivity index (χ0v) is 10.8. The van der Waals surface area contributed by atoms with Gasteiger partial charge in [-0.25, -0.2) is 9.97 Å². The molecule has 0 aliphatic carbocycles. The van der Waals surface area contributed by atoms with Crippen LogP contribution < -0.4 is 5.32 Å². The Hall–Kier alpha value is -0.870. The Labute approximate surface area is 101 Å². The van der Waals surface area contributed by atoms with Crippen molar-refractivity contribution in [2.24, 2.45) is 0 Å². The fourth-order valence-corrected chi connectivity index (χ4v) is 1.47. The number of nitrogens with zero attached hydrogens (tertiary/aromatic N) is 2. The smallest absolute Gasteiger partial charge is 0.137 e. The van der Waals surface area contributed by atoms with E-state index in [1.165, 1.54) is 0 Å². The molecule has 5 heteroatoms. The van der Waals surface area contributed by atoms with E-state index in [0.29, 0.717) is 5.15 Å². The number of anilines is 1. The first-order valence-electron chi connectivity index (χ1n) is 5.44. The van der Waals surface area contributed by atoms with E-state index in [1.807, 2.05) is 13.8 Å². The minimum absolute atomic E-state index is 0.529. The summed E-state index contributed by atoms with van der Waals surface area (Å²) >= 11 is 6.02. The lowest BCUT2D eigenvalue weighted by Gasteiger charge is -2.10. The van der Waals surface area contributed by atoms with Crippen LogP contribution in [-0.4, -0.2) is 30.2 Å². The van der Waals surface area contributed by atoms with Gasteiger partial charge in [-0.1, -0.05) is 18.5 Å². The standard InChI is InChI=1S/C11H18ClN3O/c1-4-9-14-10(12)8(2)11(15-9)13-6-5-7-16-3/h4-7H2,1-3H3,(H,13,14,15). The second-order valence-electron chi connectivity index (χ2n) is 3.53. The molecule has 1 rings (SSSR count). The highest BCUT2D eigenvalue weighted by Gasteiger charge is 2.07. The molecule has 0 amide bonds. The van der Waals surface area contributed by atoms with Crippen molar-refractivity contribution in [1.82, 2.24) is 9.97 Å². The van der Waals surface area contributed by atoms with E-state index in [-0.39, 0.29) is 0 Å². The molecule has 1 N–H and O–H groups in total. The maximum Gasteiger partial charge on any atom is 0.137 e. The summed E-state index contributed by atoms with van der Waals surface area (Å²) in [5.74, 6) is 1.60. The lowest BCUT2D eigenvalue weighted by atomic mass is 10.3. The number of hydrogen-bond donors (Lipinski definition) is 1. The molecule has 0 spiro atoms. The van der Waals surface area contributed by atoms with Gasteiger partial charge in [-0.05, 0) is 13.3 Å². The Balaban J connectivity index is 2.66. The quantitative estimate of drug-likeness (QED) is 0.616. The zero-order chi connectivity index (χ0) is 12.0. The van der Waals surface area contributed by atoms with Crippen LogP contribution in [0, 0.1) is 6.92 Å². The van der Waals surface area contributed by atoms with Crippen LogP contribution >= 0.6 is 11.6 Å². The Morgan fingerprint density at radius 2 is 2.12 bits per heavy atom. The van der Waals surface area contributed by atoms with Crippen LogP contribution in [0.2, 0.25) is 5.15 Å². The molecule has 0 bridgehead atoms. The first kappa shape index (κ1) is 13.2. The van der Waals surface area contributed by atoms with Gasteiger partial charge in [-0.2, -0.15) is 0 Å². The summed E-state index contributed by atoms with van der Waals surface area (Å²) in [5.41, 5.74) is 0.899. The van der Waals surface area contributed by atoms with Gasteiger partial charge in [0.25, 0.3) is 0 Å². The van der Waals surface area contributed by atoms with Gasteiger partial charge in [0, 0.05) is 32.2 Å². The lowest BCUT2D eigenvalue weighted by Crippen LogP contribution is -2.09. The van der Waals surface area contributed by atoms with E-state index in [0.717, 1.165) is 43.2 Å². The average molecular weight is 244 g/mol. The number of hydrogen-bond acceptors (Lipinski definition) is 4. The average Bonchev–Trinajstić information content (AvgIpc) is 2.29. The van der Waals surface area contributed by atoms with Crippen molar-refractivity contribution in [1.29, 1.82) is 0 Å². The van der Waals surface area contributed by atoms with Gasteiger partial charge >= 0.3 is 0 Å². The SMILES string of the molecule is CCc1nc(Cl)c(C)c(NCCCOC)n1. The number of rotatable bonds is 6. The van der Waals surface area contributed by atoms with E-state index in [9.17, 15) is 0 Å². The predicted octanol–water partition coefficient (Wildman–Crippen LogP) is 2.45. The molecule has 90 valence electrons. The van der Waals surface area contributed by atoms with Crippen molar-refractivity contribution >= 4 is 17.4 Å². The van der Waals surface area contributed by atoms with E-state index in [4.69, 9.17) is 16.3 Å². The molecule has 0 unspecified atom stereocenters. The van der Waals surface area contributed by atoms with E-state index in [1.54, 1.807) is 7.11 Å². The molecular formula is C11H18ClN3O. The molecule has 16 heavy (non-hydrogen) atoms. The fourth-order valence-electron chi connectivity index (χ4n) is 1.29. The summed E-state index contributed by atoms with van der Waals surface area (Å²) in [6.07, 6.45) is 1.73. The number of nitrogens with one attached hydrogen (secondary N) is 1. The highest BCUT2D eigenvalue weighted by molar-refractivity contribution is 6.30. The van der Waals surface area contributed by atoms with Crippen LogP contribution in [0.15, 0.2) is 0 Å². The molecule has 0 saturated heterocycles. The molecule has 0 saturated carbocycles. The van der Waals surface area contributed by atoms with Gasteiger partial charge in [-0.3, -0.25) is 0 Å². The summed E-state index contributed by atoms with van der Waals surface area (Å²) in [6.45, 7) is 5.49. The Bertz CT molecular complexity index is 344. The van der Waals surface area contributed by atoms with Crippen molar-refractivity contribution in [3.8, 4) is 0 Å². The summed E-state index contributed by atoms with van der Waals surface area (Å²) in [6, 6.07) is 0. The van der Waals surface area contributed by atoms with Crippen molar-refractivity contribution in [2.75, 3.05) is 25.6 Å². The Kier molecular flexibility index (Phi) is 5.49. The van der Waals surface area contributed by atoms with Crippen LogP contribution in [0.3, 0.4) is 0 Å². The molecule has 4 nitrogen and oxygen atoms in total. The van der Waals surface area contributed by atoms with Crippen LogP contribution in [0.1, 0.15) is 24.7 Å². The van der Waals surface area contributed by atoms with Crippen LogP contribution in [0.25, 0.3) is 0 Å². The molecule has 0 aliphatic heterocycles. The van der Waals surface area contributed by atoms with Crippen molar-refractivity contribution in [2.45, 2.75) is 26.7 Å². The van der Waals surface area contributed by atoms with Crippen molar-refractivity contribution in [3.63, 3.8) is 0 Å². The van der Waals surface area contributed by atoms with Crippen molar-refractivity contribution in [3.05, 3.63) is 16.5 Å². The van der Waals surface area contributed by atoms with Gasteiger partial charge in [0.1, 0.15) is 16.8 Å². The second-order valence-corrected chi connectivity index (χ2v) is 3.89. The molecule has 0 fully saturated rings. The summed E-state index contributed by atoms with van der Waals surface area (Å²) < 4.78 is 4.98. The summed E-state index contributed by atoms with van der Waals surface area (Å²) in [7, 11) is 1.70. The Morgan fingerprint density at radius 3 is 2.75 bits per heavy atom. The molecule has 1 aromatic rings. The normalized spacial score (nSPS) is 10.5. The van der Waals surface area contributed by atoms with Gasteiger partial charge in [0.2, 0.25) is 0 Å². The summed E-state index contributed by atoms with van der Waals surface area (Å²) in [4.78, 5) is 8.59. The summed E-state index contributed by atoms with van der Waals surface area (Å²) in [5, 5.41) is 3.78. The third-order valence-corrected chi connectivity index (χ3v) is 2.63. The van der Waals surface area contributed by atoms with Gasteiger partial charge in [0.05, 0.1) is 0 Å². The predicted molar refractivity (Wildman–Crippen MR) is 66.1 cm³/mol. The van der Waals surface area contributed by atoms with Crippen molar-refractivity contribution < 1.29 is 4.74 Å². The topological polar surface area (TPSA) is 47.0 Å². The third kappa shape index (κ3) is 3.61. The maximum atomic E-state index is 6.02. The lowest BCUT2D eigenvalue weighted by molar-refractivity contribution is 0.197. The fraction of sp³-hybridized carbons (Fsp3) is 0.636. The number of aromatic nitrogens is 2. The highest BCUT2D eigenvalue weighted by atomic mass is 35.5. The maximum absolute atomic E-state index is 6.02. The van der Waals surface area contributed by atoms with Crippen LogP contribution in [0.4, 0.5) is 5.82 Å². The van der Waals surface area contributed by atoms with E-state index >= 15 is 0 Å². The molecule has 0 aliphatic rings. The Morgan fingerprint density at radius 1 is 1.38 bits per heavy atom. The van der Waals surface area contributed by atoms with E-state index in [2.05, 4.69) is 15.3 Å². The number of ether oxygens (including phenoxy) is 1. The molecule has 1 aromatic heterocycles. The van der Waals surface area contributed by atoms with Gasteiger partial charge in [0.15, 0.2) is 0 Å². The monoisotopic (exact) mass is 243 g/mol. The first-order valence-corrected chi connectivity index (χ1v) is 5.82. The first-order chi connectivity index (χ1) is 7.69. The van der Waals surface area contributed by atoms with Crippen LogP contribution in [0.5, 0.6) is 0 Å². The minimum Gasteiger partial charge on any atom is -0.385 e. The van der Waals surface area contributed by atoms with E-state index < -0.39 is 0 Å². The van der Waals surface area contributed by atoms with Gasteiger partial charge in [-0.15, -0.1) is 0 Å². The minimum atomic E-state index is 0.529. The highest BCUT2D eigenvalue weighted by Crippen LogP contribution is 2.19. The number of halogens is 1. The molecule has 0 atom stereocenters. The second kappa shape index (κ2) is 6.66. The molecule has 0 aromatic carbocycles. The molecule has 0 radical (unpaired) electrons. The zero-order valence-electron chi connectivity index (χ0n) is 10.0. The molecular weight excluding hydrogens is 226 g/mol.